The van der Waals surface area contributed by atoms with Crippen molar-refractivity contribution >= 4 is 0 Å². The van der Waals surface area contributed by atoms with Crippen molar-refractivity contribution in [3.8, 4) is 0 Å². The molecule has 0 saturated heterocycles. The van der Waals surface area contributed by atoms with Crippen molar-refractivity contribution in [2.45, 2.75) is 46.0 Å². The molecule has 1 saturated carbocycles. The average Bonchev–Trinajstić information content (AvgIpc) is 2.04. The second-order valence-corrected chi connectivity index (χ2v) is 3.21. The number of rotatable bonds is 1. The molecule has 1 unspecified atom stereocenters. The van der Waals surface area contributed by atoms with Gasteiger partial charge in [-0.3, -0.25) is 0 Å². The Hall–Kier alpha value is -0.260. The highest BCUT2D eigenvalue weighted by Gasteiger charge is 2.15. The van der Waals surface area contributed by atoms with Crippen LogP contribution in [0.1, 0.15) is 46.0 Å². The summed E-state index contributed by atoms with van der Waals surface area (Å²) in [6, 6.07) is 0. The topological polar surface area (TPSA) is 0 Å². The zero-order chi connectivity index (χ0) is 7.40. The SMILES string of the molecule is CC=C1CCCCC1CC. The van der Waals surface area contributed by atoms with Crippen LogP contribution in [0.5, 0.6) is 0 Å². The van der Waals surface area contributed by atoms with Gasteiger partial charge in [0.1, 0.15) is 0 Å². The molecule has 0 aromatic heterocycles. The fourth-order valence-corrected chi connectivity index (χ4v) is 1.96. The molecular weight excluding hydrogens is 120 g/mol. The maximum Gasteiger partial charge on any atom is -0.0206 e. The molecule has 0 amide bonds. The highest BCUT2D eigenvalue weighted by molar-refractivity contribution is 5.07. The van der Waals surface area contributed by atoms with Gasteiger partial charge in [-0.25, -0.2) is 0 Å². The molecular formula is C10H18. The van der Waals surface area contributed by atoms with Gasteiger partial charge < -0.3 is 0 Å². The van der Waals surface area contributed by atoms with Crippen molar-refractivity contribution in [3.05, 3.63) is 11.6 Å². The van der Waals surface area contributed by atoms with Gasteiger partial charge in [0.05, 0.1) is 0 Å². The number of allylic oxidation sites excluding steroid dienone is 2. The summed E-state index contributed by atoms with van der Waals surface area (Å²) in [7, 11) is 0. The minimum atomic E-state index is 0.929. The van der Waals surface area contributed by atoms with Gasteiger partial charge in [-0.05, 0) is 38.5 Å². The molecule has 0 spiro atoms. The first kappa shape index (κ1) is 7.84. The monoisotopic (exact) mass is 138 g/mol. The molecule has 10 heavy (non-hydrogen) atoms. The van der Waals surface area contributed by atoms with Crippen LogP contribution in [0.4, 0.5) is 0 Å². The van der Waals surface area contributed by atoms with Crippen molar-refractivity contribution in [2.75, 3.05) is 0 Å². The average molecular weight is 138 g/mol. The van der Waals surface area contributed by atoms with Crippen LogP contribution in [0.3, 0.4) is 0 Å². The highest BCUT2D eigenvalue weighted by Crippen LogP contribution is 2.30. The smallest absolute Gasteiger partial charge is 0.0206 e. The molecule has 1 aliphatic carbocycles. The summed E-state index contributed by atoms with van der Waals surface area (Å²) in [5, 5.41) is 0. The molecule has 0 heterocycles. The molecule has 0 aromatic carbocycles. The lowest BCUT2D eigenvalue weighted by Crippen LogP contribution is -2.08. The predicted molar refractivity (Wildman–Crippen MR) is 46.0 cm³/mol. The lowest BCUT2D eigenvalue weighted by Gasteiger charge is -2.23. The number of hydrogen-bond acceptors (Lipinski definition) is 0. The molecule has 0 heteroatoms. The van der Waals surface area contributed by atoms with Gasteiger partial charge in [-0.2, -0.15) is 0 Å². The highest BCUT2D eigenvalue weighted by atomic mass is 14.2. The van der Waals surface area contributed by atoms with Crippen LogP contribution in [-0.4, -0.2) is 0 Å². The third-order valence-corrected chi connectivity index (χ3v) is 2.66. The lowest BCUT2D eigenvalue weighted by molar-refractivity contribution is 0.442. The van der Waals surface area contributed by atoms with Crippen LogP contribution in [0.15, 0.2) is 11.6 Å². The molecule has 1 rings (SSSR count). The van der Waals surface area contributed by atoms with Crippen LogP contribution in [0, 0.1) is 5.92 Å². The summed E-state index contributed by atoms with van der Waals surface area (Å²) in [6.45, 7) is 4.49. The molecule has 1 aliphatic rings. The Morgan fingerprint density at radius 2 is 2.30 bits per heavy atom. The summed E-state index contributed by atoms with van der Waals surface area (Å²) < 4.78 is 0. The zero-order valence-electron chi connectivity index (χ0n) is 7.19. The van der Waals surface area contributed by atoms with E-state index in [-0.39, 0.29) is 0 Å². The maximum absolute atomic E-state index is 2.33. The van der Waals surface area contributed by atoms with Crippen LogP contribution >= 0.6 is 0 Å². The van der Waals surface area contributed by atoms with Crippen LogP contribution in [0.2, 0.25) is 0 Å². The summed E-state index contributed by atoms with van der Waals surface area (Å²) in [5.74, 6) is 0.929. The van der Waals surface area contributed by atoms with E-state index in [0.717, 1.165) is 5.92 Å². The normalized spacial score (nSPS) is 31.0. The van der Waals surface area contributed by atoms with E-state index in [9.17, 15) is 0 Å². The molecule has 0 aromatic rings. The van der Waals surface area contributed by atoms with E-state index in [2.05, 4.69) is 19.9 Å². The van der Waals surface area contributed by atoms with Crippen LogP contribution in [0.25, 0.3) is 0 Å². The minimum Gasteiger partial charge on any atom is -0.0882 e. The van der Waals surface area contributed by atoms with Gasteiger partial charge in [0.15, 0.2) is 0 Å². The van der Waals surface area contributed by atoms with Gasteiger partial charge in [0, 0.05) is 0 Å². The first-order chi connectivity index (χ1) is 4.88. The summed E-state index contributed by atoms with van der Waals surface area (Å²) in [4.78, 5) is 0. The molecule has 0 nitrogen and oxygen atoms in total. The van der Waals surface area contributed by atoms with Crippen molar-refractivity contribution in [1.29, 1.82) is 0 Å². The van der Waals surface area contributed by atoms with E-state index in [4.69, 9.17) is 0 Å². The quantitative estimate of drug-likeness (QED) is 0.486. The van der Waals surface area contributed by atoms with Crippen LogP contribution < -0.4 is 0 Å². The third-order valence-electron chi connectivity index (χ3n) is 2.66. The van der Waals surface area contributed by atoms with Gasteiger partial charge in [-0.1, -0.05) is 25.0 Å². The lowest BCUT2D eigenvalue weighted by atomic mass is 9.83. The van der Waals surface area contributed by atoms with E-state index in [1.54, 1.807) is 5.57 Å². The minimum absolute atomic E-state index is 0.929. The summed E-state index contributed by atoms with van der Waals surface area (Å²) in [5.41, 5.74) is 1.72. The van der Waals surface area contributed by atoms with Gasteiger partial charge in [0.2, 0.25) is 0 Å². The fourth-order valence-electron chi connectivity index (χ4n) is 1.96. The maximum atomic E-state index is 2.33. The van der Waals surface area contributed by atoms with E-state index in [1.165, 1.54) is 32.1 Å². The van der Waals surface area contributed by atoms with Crippen LogP contribution in [-0.2, 0) is 0 Å². The van der Waals surface area contributed by atoms with Crippen molar-refractivity contribution in [3.63, 3.8) is 0 Å². The van der Waals surface area contributed by atoms with Crippen molar-refractivity contribution < 1.29 is 0 Å². The molecule has 0 N–H and O–H groups in total. The Balaban J connectivity index is 2.50. The Kier molecular flexibility index (Phi) is 2.98. The Bertz CT molecular complexity index is 122. The molecule has 58 valence electrons. The van der Waals surface area contributed by atoms with Crippen molar-refractivity contribution in [1.82, 2.24) is 0 Å². The Labute approximate surface area is 64.3 Å². The van der Waals surface area contributed by atoms with E-state index in [1.807, 2.05) is 0 Å². The van der Waals surface area contributed by atoms with Crippen molar-refractivity contribution in [2.24, 2.45) is 5.92 Å². The Morgan fingerprint density at radius 3 is 2.80 bits per heavy atom. The number of hydrogen-bond donors (Lipinski definition) is 0. The van der Waals surface area contributed by atoms with Gasteiger partial charge in [-0.15, -0.1) is 0 Å². The Morgan fingerprint density at radius 1 is 1.50 bits per heavy atom. The second-order valence-electron chi connectivity index (χ2n) is 3.21. The summed E-state index contributed by atoms with van der Waals surface area (Å²) >= 11 is 0. The second kappa shape index (κ2) is 3.80. The molecule has 1 atom stereocenters. The molecule has 1 fully saturated rings. The first-order valence-electron chi connectivity index (χ1n) is 4.53. The van der Waals surface area contributed by atoms with Gasteiger partial charge >= 0.3 is 0 Å². The first-order valence-corrected chi connectivity index (χ1v) is 4.53. The predicted octanol–water partition coefficient (Wildman–Crippen LogP) is 3.53. The summed E-state index contributed by atoms with van der Waals surface area (Å²) in [6.07, 6.45) is 9.37. The molecule has 0 aliphatic heterocycles. The standard InChI is InChI=1S/C10H18/c1-3-9-7-5-6-8-10(9)4-2/h3,10H,4-8H2,1-2H3. The molecule has 0 radical (unpaired) electrons. The van der Waals surface area contributed by atoms with E-state index >= 15 is 0 Å². The van der Waals surface area contributed by atoms with E-state index < -0.39 is 0 Å². The fraction of sp³-hybridized carbons (Fsp3) is 0.800. The third kappa shape index (κ3) is 1.62. The van der Waals surface area contributed by atoms with Gasteiger partial charge in [0.25, 0.3) is 0 Å². The zero-order valence-corrected chi connectivity index (χ0v) is 7.19. The van der Waals surface area contributed by atoms with E-state index in [0.29, 0.717) is 0 Å². The largest absolute Gasteiger partial charge is 0.0882 e. The molecule has 0 bridgehead atoms.